The number of amides is 1. The molecule has 3 nitrogen and oxygen atoms in total. The van der Waals surface area contributed by atoms with Crippen molar-refractivity contribution >= 4 is 5.91 Å². The molecule has 17 heavy (non-hydrogen) atoms. The van der Waals surface area contributed by atoms with E-state index in [-0.39, 0.29) is 11.7 Å². The Morgan fingerprint density at radius 2 is 2.24 bits per heavy atom. The van der Waals surface area contributed by atoms with Crippen LogP contribution in [0.5, 0.6) is 0 Å². The molecule has 1 aliphatic carbocycles. The molecule has 0 saturated heterocycles. The Bertz CT molecular complexity index is 429. The van der Waals surface area contributed by atoms with Crippen LogP contribution >= 0.6 is 0 Å². The highest BCUT2D eigenvalue weighted by Crippen LogP contribution is 2.34. The van der Waals surface area contributed by atoms with Crippen molar-refractivity contribution in [3.63, 3.8) is 0 Å². The first-order chi connectivity index (χ1) is 8.05. The van der Waals surface area contributed by atoms with E-state index in [1.54, 1.807) is 11.0 Å². The van der Waals surface area contributed by atoms with Crippen LogP contribution in [0.2, 0.25) is 0 Å². The van der Waals surface area contributed by atoms with Gasteiger partial charge in [-0.3, -0.25) is 4.79 Å². The topological polar surface area (TPSA) is 46.3 Å². The molecule has 1 aromatic carbocycles. The lowest BCUT2D eigenvalue weighted by molar-refractivity contribution is -0.134. The maximum Gasteiger partial charge on any atom is 0.242 e. The van der Waals surface area contributed by atoms with E-state index in [2.05, 4.69) is 0 Å². The van der Waals surface area contributed by atoms with Crippen LogP contribution in [0.4, 0.5) is 4.39 Å². The van der Waals surface area contributed by atoms with Crippen molar-refractivity contribution in [3.05, 3.63) is 35.6 Å². The average molecular weight is 236 g/mol. The predicted octanol–water partition coefficient (Wildman–Crippen LogP) is 1.67. The van der Waals surface area contributed by atoms with Crippen LogP contribution in [0.25, 0.3) is 0 Å². The summed E-state index contributed by atoms with van der Waals surface area (Å²) in [5, 5.41) is 0. The number of carbonyl (C=O) groups excluding carboxylic acids is 1. The number of nitrogens with zero attached hydrogens (tertiary/aromatic N) is 1. The van der Waals surface area contributed by atoms with Crippen molar-refractivity contribution in [2.24, 2.45) is 5.73 Å². The lowest BCUT2D eigenvalue weighted by Gasteiger charge is -2.24. The van der Waals surface area contributed by atoms with Gasteiger partial charge in [0.2, 0.25) is 5.91 Å². The van der Waals surface area contributed by atoms with Gasteiger partial charge in [0.15, 0.2) is 0 Å². The lowest BCUT2D eigenvalue weighted by atomic mass is 10.1. The molecular formula is C13H17FN2O. The van der Waals surface area contributed by atoms with Gasteiger partial charge >= 0.3 is 0 Å². The van der Waals surface area contributed by atoms with Gasteiger partial charge in [0, 0.05) is 13.1 Å². The number of hydrogen-bond donors (Lipinski definition) is 1. The Morgan fingerprint density at radius 1 is 1.53 bits per heavy atom. The average Bonchev–Trinajstić information content (AvgIpc) is 3.05. The second-order valence-corrected chi connectivity index (χ2v) is 4.61. The van der Waals surface area contributed by atoms with E-state index in [0.717, 1.165) is 18.4 Å². The highest BCUT2D eigenvalue weighted by molar-refractivity contribution is 5.89. The van der Waals surface area contributed by atoms with Crippen LogP contribution in [0.3, 0.4) is 0 Å². The first kappa shape index (κ1) is 12.0. The van der Waals surface area contributed by atoms with Gasteiger partial charge in [-0.05, 0) is 37.5 Å². The maximum atomic E-state index is 13.0. The van der Waals surface area contributed by atoms with Gasteiger partial charge < -0.3 is 10.6 Å². The van der Waals surface area contributed by atoms with Crippen LogP contribution in [0, 0.1) is 5.82 Å². The highest BCUT2D eigenvalue weighted by Gasteiger charge is 2.47. The molecule has 4 heteroatoms. The number of halogens is 1. The molecule has 0 bridgehead atoms. The van der Waals surface area contributed by atoms with Crippen molar-refractivity contribution in [2.75, 3.05) is 6.54 Å². The third-order valence-corrected chi connectivity index (χ3v) is 3.15. The molecule has 0 radical (unpaired) electrons. The molecule has 1 aliphatic rings. The number of nitrogens with two attached hydrogens (primary N) is 1. The van der Waals surface area contributed by atoms with Gasteiger partial charge in [-0.1, -0.05) is 12.1 Å². The van der Waals surface area contributed by atoms with Crippen molar-refractivity contribution < 1.29 is 9.18 Å². The van der Waals surface area contributed by atoms with Crippen molar-refractivity contribution in [1.82, 2.24) is 4.90 Å². The van der Waals surface area contributed by atoms with Crippen molar-refractivity contribution in [1.29, 1.82) is 0 Å². The summed E-state index contributed by atoms with van der Waals surface area (Å²) in [6.07, 6.45) is 1.51. The standard InChI is InChI=1S/C13H17FN2O/c1-2-16(12(17)13(15)6-7-13)9-10-4-3-5-11(14)8-10/h3-5,8H,2,6-7,9,15H2,1H3. The van der Waals surface area contributed by atoms with E-state index in [4.69, 9.17) is 5.73 Å². The first-order valence-corrected chi connectivity index (χ1v) is 5.88. The zero-order valence-corrected chi connectivity index (χ0v) is 9.95. The second-order valence-electron chi connectivity index (χ2n) is 4.61. The highest BCUT2D eigenvalue weighted by atomic mass is 19.1. The van der Waals surface area contributed by atoms with Gasteiger partial charge in [0.05, 0.1) is 5.54 Å². The quantitative estimate of drug-likeness (QED) is 0.864. The molecule has 0 aromatic heterocycles. The van der Waals surface area contributed by atoms with E-state index in [9.17, 15) is 9.18 Å². The van der Waals surface area contributed by atoms with Crippen LogP contribution in [0.1, 0.15) is 25.3 Å². The molecule has 1 saturated carbocycles. The molecular weight excluding hydrogens is 219 g/mol. The Labute approximate surface area is 100 Å². The fourth-order valence-corrected chi connectivity index (χ4v) is 1.85. The zero-order valence-electron chi connectivity index (χ0n) is 9.95. The molecule has 2 N–H and O–H groups in total. The minimum Gasteiger partial charge on any atom is -0.337 e. The van der Waals surface area contributed by atoms with E-state index >= 15 is 0 Å². The van der Waals surface area contributed by atoms with Crippen LogP contribution in [0.15, 0.2) is 24.3 Å². The number of benzene rings is 1. The van der Waals surface area contributed by atoms with Gasteiger partial charge in [0.25, 0.3) is 0 Å². The summed E-state index contributed by atoms with van der Waals surface area (Å²) in [6.45, 7) is 2.92. The summed E-state index contributed by atoms with van der Waals surface area (Å²) >= 11 is 0. The smallest absolute Gasteiger partial charge is 0.242 e. The number of rotatable bonds is 4. The molecule has 0 atom stereocenters. The zero-order chi connectivity index (χ0) is 12.5. The fourth-order valence-electron chi connectivity index (χ4n) is 1.85. The fraction of sp³-hybridized carbons (Fsp3) is 0.462. The summed E-state index contributed by atoms with van der Waals surface area (Å²) in [5.74, 6) is -0.302. The van der Waals surface area contributed by atoms with Gasteiger partial charge in [0.1, 0.15) is 5.82 Å². The number of likely N-dealkylation sites (N-methyl/N-ethyl adjacent to an activating group) is 1. The van der Waals surface area contributed by atoms with Gasteiger partial charge in [-0.15, -0.1) is 0 Å². The Morgan fingerprint density at radius 3 is 2.76 bits per heavy atom. The van der Waals surface area contributed by atoms with Gasteiger partial charge in [-0.2, -0.15) is 0 Å². The van der Waals surface area contributed by atoms with Crippen molar-refractivity contribution in [3.8, 4) is 0 Å². The predicted molar refractivity (Wildman–Crippen MR) is 63.6 cm³/mol. The van der Waals surface area contributed by atoms with Crippen molar-refractivity contribution in [2.45, 2.75) is 31.8 Å². The Balaban J connectivity index is 2.07. The van der Waals surface area contributed by atoms with E-state index in [1.165, 1.54) is 12.1 Å². The summed E-state index contributed by atoms with van der Waals surface area (Å²) in [4.78, 5) is 13.7. The molecule has 0 aliphatic heterocycles. The molecule has 0 spiro atoms. The van der Waals surface area contributed by atoms with Gasteiger partial charge in [-0.25, -0.2) is 4.39 Å². The second kappa shape index (κ2) is 4.45. The third kappa shape index (κ3) is 2.64. The Hall–Kier alpha value is -1.42. The minimum absolute atomic E-state index is 0.0238. The first-order valence-electron chi connectivity index (χ1n) is 5.88. The summed E-state index contributed by atoms with van der Waals surface area (Å²) < 4.78 is 13.0. The van der Waals surface area contributed by atoms with E-state index in [0.29, 0.717) is 13.1 Å². The molecule has 1 fully saturated rings. The molecule has 0 unspecified atom stereocenters. The normalized spacial score (nSPS) is 16.6. The monoisotopic (exact) mass is 236 g/mol. The number of carbonyl (C=O) groups is 1. The summed E-state index contributed by atoms with van der Waals surface area (Å²) in [5.41, 5.74) is 6.03. The maximum absolute atomic E-state index is 13.0. The van der Waals surface area contributed by atoms with Crippen LogP contribution in [-0.2, 0) is 11.3 Å². The lowest BCUT2D eigenvalue weighted by Crippen LogP contribution is -2.45. The molecule has 92 valence electrons. The molecule has 1 aromatic rings. The molecule has 0 heterocycles. The van der Waals surface area contributed by atoms with E-state index < -0.39 is 5.54 Å². The third-order valence-electron chi connectivity index (χ3n) is 3.15. The van der Waals surface area contributed by atoms with E-state index in [1.807, 2.05) is 13.0 Å². The SMILES string of the molecule is CCN(Cc1cccc(F)c1)C(=O)C1(N)CC1. The van der Waals surface area contributed by atoms with Crippen LogP contribution in [-0.4, -0.2) is 22.9 Å². The summed E-state index contributed by atoms with van der Waals surface area (Å²) in [6, 6.07) is 6.31. The molecule has 1 amide bonds. The Kier molecular flexibility index (Phi) is 3.15. The van der Waals surface area contributed by atoms with Crippen LogP contribution < -0.4 is 5.73 Å². The summed E-state index contributed by atoms with van der Waals surface area (Å²) in [7, 11) is 0. The molecule has 2 rings (SSSR count). The number of hydrogen-bond acceptors (Lipinski definition) is 2. The minimum atomic E-state index is -0.649. The largest absolute Gasteiger partial charge is 0.337 e.